The van der Waals surface area contributed by atoms with Crippen molar-refractivity contribution in [1.82, 2.24) is 10.4 Å². The van der Waals surface area contributed by atoms with Crippen LogP contribution in [0.4, 0.5) is 10.8 Å². The van der Waals surface area contributed by atoms with Gasteiger partial charge in [0.15, 0.2) is 5.13 Å². The van der Waals surface area contributed by atoms with Crippen molar-refractivity contribution in [3.8, 4) is 17.0 Å². The number of rotatable bonds is 9. The van der Waals surface area contributed by atoms with Gasteiger partial charge in [-0.05, 0) is 54.4 Å². The van der Waals surface area contributed by atoms with Gasteiger partial charge in [0.25, 0.3) is 5.91 Å². The standard InChI is InChI=1S/C31H26N4O2S/c1-22-10-12-23(13-11-22)20-37-28-9-5-6-24(18-28)19-32-35-30(36)26-16-14-25(15-17-26)29-21-38-31(34-29)33-27-7-3-2-4-8-27/h2-19,21H,20H2,1H3,(H,33,34)(H,35,36)/b32-19-. The molecule has 0 spiro atoms. The zero-order chi connectivity index (χ0) is 26.2. The van der Waals surface area contributed by atoms with Gasteiger partial charge in [0.2, 0.25) is 0 Å². The predicted molar refractivity (Wildman–Crippen MR) is 154 cm³/mol. The molecule has 2 N–H and O–H groups in total. The number of hydrogen-bond acceptors (Lipinski definition) is 6. The van der Waals surface area contributed by atoms with Gasteiger partial charge in [0.1, 0.15) is 12.4 Å². The van der Waals surface area contributed by atoms with Crippen LogP contribution in [0.1, 0.15) is 27.0 Å². The van der Waals surface area contributed by atoms with E-state index in [9.17, 15) is 4.79 Å². The topological polar surface area (TPSA) is 75.6 Å². The molecule has 0 aliphatic rings. The molecule has 0 saturated heterocycles. The van der Waals surface area contributed by atoms with E-state index in [-0.39, 0.29) is 5.91 Å². The molecule has 5 rings (SSSR count). The summed E-state index contributed by atoms with van der Waals surface area (Å²) in [7, 11) is 0. The third-order valence-corrected chi connectivity index (χ3v) is 6.49. The summed E-state index contributed by atoms with van der Waals surface area (Å²) in [5.74, 6) is 0.449. The minimum absolute atomic E-state index is 0.288. The first-order valence-electron chi connectivity index (χ1n) is 12.1. The summed E-state index contributed by atoms with van der Waals surface area (Å²) in [6.45, 7) is 2.55. The maximum absolute atomic E-state index is 12.6. The van der Waals surface area contributed by atoms with Gasteiger partial charge in [-0.3, -0.25) is 4.79 Å². The van der Waals surface area contributed by atoms with Crippen molar-refractivity contribution >= 4 is 34.3 Å². The first kappa shape index (κ1) is 24.9. The number of nitrogens with one attached hydrogen (secondary N) is 2. The molecule has 0 saturated carbocycles. The lowest BCUT2D eigenvalue weighted by molar-refractivity contribution is 0.0955. The van der Waals surface area contributed by atoms with Crippen LogP contribution < -0.4 is 15.5 Å². The zero-order valence-corrected chi connectivity index (χ0v) is 21.6. The molecule has 38 heavy (non-hydrogen) atoms. The van der Waals surface area contributed by atoms with Crippen molar-refractivity contribution < 1.29 is 9.53 Å². The maximum atomic E-state index is 12.6. The lowest BCUT2D eigenvalue weighted by Crippen LogP contribution is -2.17. The second-order valence-corrected chi connectivity index (χ2v) is 9.51. The Kier molecular flexibility index (Phi) is 7.86. The molecule has 5 aromatic rings. The number of nitrogens with zero attached hydrogens (tertiary/aromatic N) is 2. The Morgan fingerprint density at radius 3 is 2.53 bits per heavy atom. The van der Waals surface area contributed by atoms with Gasteiger partial charge in [-0.2, -0.15) is 5.10 Å². The van der Waals surface area contributed by atoms with Gasteiger partial charge in [0.05, 0.1) is 11.9 Å². The number of aromatic nitrogens is 1. The van der Waals surface area contributed by atoms with Crippen molar-refractivity contribution in [1.29, 1.82) is 0 Å². The van der Waals surface area contributed by atoms with Crippen LogP contribution in [0.3, 0.4) is 0 Å². The molecule has 0 radical (unpaired) electrons. The molecule has 0 bridgehead atoms. The smallest absolute Gasteiger partial charge is 0.271 e. The molecule has 0 atom stereocenters. The average Bonchev–Trinajstić information content (AvgIpc) is 3.42. The lowest BCUT2D eigenvalue weighted by atomic mass is 10.1. The van der Waals surface area contributed by atoms with Crippen LogP contribution in [-0.4, -0.2) is 17.1 Å². The van der Waals surface area contributed by atoms with E-state index in [0.29, 0.717) is 12.2 Å². The number of hydrogen-bond donors (Lipinski definition) is 2. The summed E-state index contributed by atoms with van der Waals surface area (Å²) in [5.41, 5.74) is 9.02. The van der Waals surface area contributed by atoms with Crippen LogP contribution >= 0.6 is 11.3 Å². The van der Waals surface area contributed by atoms with Crippen LogP contribution in [0.25, 0.3) is 11.3 Å². The summed E-state index contributed by atoms with van der Waals surface area (Å²) < 4.78 is 5.89. The highest BCUT2D eigenvalue weighted by molar-refractivity contribution is 7.14. The molecular formula is C31H26N4O2S. The molecule has 4 aromatic carbocycles. The largest absolute Gasteiger partial charge is 0.489 e. The van der Waals surface area contributed by atoms with Crippen molar-refractivity contribution in [2.45, 2.75) is 13.5 Å². The normalized spacial score (nSPS) is 10.9. The molecule has 0 aliphatic carbocycles. The molecule has 1 aromatic heterocycles. The Morgan fingerprint density at radius 1 is 0.947 bits per heavy atom. The summed E-state index contributed by atoms with van der Waals surface area (Å²) in [6.07, 6.45) is 1.60. The van der Waals surface area contributed by atoms with Crippen LogP contribution in [0.2, 0.25) is 0 Å². The van der Waals surface area contributed by atoms with Crippen LogP contribution in [0, 0.1) is 6.92 Å². The highest BCUT2D eigenvalue weighted by Crippen LogP contribution is 2.27. The minimum Gasteiger partial charge on any atom is -0.489 e. The molecule has 188 valence electrons. The fourth-order valence-corrected chi connectivity index (χ4v) is 4.41. The SMILES string of the molecule is Cc1ccc(COc2cccc(/C=N\NC(=O)c3ccc(-c4csc(Nc5ccccc5)n4)cc3)c2)cc1. The fourth-order valence-electron chi connectivity index (χ4n) is 3.67. The molecule has 0 unspecified atom stereocenters. The van der Waals surface area contributed by atoms with Crippen molar-refractivity contribution in [2.24, 2.45) is 5.10 Å². The Labute approximate surface area is 225 Å². The van der Waals surface area contributed by atoms with Crippen LogP contribution in [0.5, 0.6) is 5.75 Å². The molecule has 1 heterocycles. The monoisotopic (exact) mass is 518 g/mol. The van der Waals surface area contributed by atoms with E-state index < -0.39 is 0 Å². The quantitative estimate of drug-likeness (QED) is 0.160. The van der Waals surface area contributed by atoms with E-state index >= 15 is 0 Å². The molecule has 0 aliphatic heterocycles. The molecular weight excluding hydrogens is 492 g/mol. The van der Waals surface area contributed by atoms with Gasteiger partial charge in [0, 0.05) is 22.2 Å². The number of para-hydroxylation sites is 1. The second-order valence-electron chi connectivity index (χ2n) is 8.65. The number of carbonyl (C=O) groups excluding carboxylic acids is 1. The average molecular weight is 519 g/mol. The third kappa shape index (κ3) is 6.72. The van der Waals surface area contributed by atoms with E-state index in [0.717, 1.165) is 39.0 Å². The summed E-state index contributed by atoms with van der Waals surface area (Å²) >= 11 is 1.53. The van der Waals surface area contributed by atoms with E-state index in [2.05, 4.69) is 52.0 Å². The van der Waals surface area contributed by atoms with E-state index in [1.807, 2.05) is 72.1 Å². The Hall–Kier alpha value is -4.75. The Morgan fingerprint density at radius 2 is 1.74 bits per heavy atom. The minimum atomic E-state index is -0.288. The molecule has 0 fully saturated rings. The number of amides is 1. The number of aryl methyl sites for hydroxylation is 1. The van der Waals surface area contributed by atoms with Crippen molar-refractivity contribution in [3.05, 3.63) is 131 Å². The first-order valence-corrected chi connectivity index (χ1v) is 13.0. The van der Waals surface area contributed by atoms with E-state index in [1.54, 1.807) is 18.3 Å². The first-order chi connectivity index (χ1) is 18.6. The number of hydrazone groups is 1. The molecule has 1 amide bonds. The Bertz CT molecular complexity index is 1530. The number of anilines is 2. The number of ether oxygens (including phenoxy) is 1. The third-order valence-electron chi connectivity index (χ3n) is 5.74. The van der Waals surface area contributed by atoms with Gasteiger partial charge in [-0.15, -0.1) is 11.3 Å². The number of thiazole rings is 1. The molecule has 7 heteroatoms. The lowest BCUT2D eigenvalue weighted by Gasteiger charge is -2.07. The maximum Gasteiger partial charge on any atom is 0.271 e. The van der Waals surface area contributed by atoms with Gasteiger partial charge in [-0.25, -0.2) is 10.4 Å². The Balaban J connectivity index is 1.14. The van der Waals surface area contributed by atoms with E-state index in [4.69, 9.17) is 4.74 Å². The van der Waals surface area contributed by atoms with Gasteiger partial charge >= 0.3 is 0 Å². The zero-order valence-electron chi connectivity index (χ0n) is 20.8. The van der Waals surface area contributed by atoms with Crippen LogP contribution in [-0.2, 0) is 6.61 Å². The second kappa shape index (κ2) is 12.0. The summed E-state index contributed by atoms with van der Waals surface area (Å²) in [6, 6.07) is 33.0. The van der Waals surface area contributed by atoms with Crippen molar-refractivity contribution in [2.75, 3.05) is 5.32 Å². The fraction of sp³-hybridized carbons (Fsp3) is 0.0645. The van der Waals surface area contributed by atoms with Crippen LogP contribution in [0.15, 0.2) is 114 Å². The predicted octanol–water partition coefficient (Wildman–Crippen LogP) is 7.21. The summed E-state index contributed by atoms with van der Waals surface area (Å²) in [4.78, 5) is 17.2. The highest BCUT2D eigenvalue weighted by Gasteiger charge is 2.08. The molecule has 6 nitrogen and oxygen atoms in total. The van der Waals surface area contributed by atoms with Gasteiger partial charge in [-0.1, -0.05) is 72.3 Å². The number of benzene rings is 4. The number of carbonyl (C=O) groups is 1. The van der Waals surface area contributed by atoms with E-state index in [1.165, 1.54) is 16.9 Å². The van der Waals surface area contributed by atoms with Crippen molar-refractivity contribution in [3.63, 3.8) is 0 Å². The highest BCUT2D eigenvalue weighted by atomic mass is 32.1. The summed E-state index contributed by atoms with van der Waals surface area (Å²) in [5, 5.41) is 10.2. The van der Waals surface area contributed by atoms with Gasteiger partial charge < -0.3 is 10.1 Å².